The van der Waals surface area contributed by atoms with E-state index < -0.39 is 11.6 Å². The van der Waals surface area contributed by atoms with Crippen molar-refractivity contribution in [1.29, 1.82) is 5.26 Å². The van der Waals surface area contributed by atoms with Crippen molar-refractivity contribution in [3.05, 3.63) is 52.4 Å². The van der Waals surface area contributed by atoms with Gasteiger partial charge in [-0.2, -0.15) is 5.26 Å². The molecule has 0 saturated heterocycles. The Labute approximate surface area is 158 Å². The number of thiazole rings is 1. The van der Waals surface area contributed by atoms with Gasteiger partial charge in [-0.15, -0.1) is 11.3 Å². The van der Waals surface area contributed by atoms with Crippen molar-refractivity contribution in [1.82, 2.24) is 9.97 Å². The van der Waals surface area contributed by atoms with Crippen LogP contribution in [0.4, 0.5) is 9.52 Å². The highest BCUT2D eigenvalue weighted by Gasteiger charge is 2.18. The van der Waals surface area contributed by atoms with E-state index in [0.717, 1.165) is 0 Å². The van der Waals surface area contributed by atoms with Gasteiger partial charge >= 0.3 is 0 Å². The van der Waals surface area contributed by atoms with Gasteiger partial charge in [0, 0.05) is 41.5 Å². The number of halogens is 1. The Hall–Kier alpha value is -3.31. The fourth-order valence-electron chi connectivity index (χ4n) is 2.69. The van der Waals surface area contributed by atoms with Gasteiger partial charge in [0.1, 0.15) is 17.5 Å². The number of benzene rings is 1. The molecule has 0 bridgehead atoms. The average Bonchev–Trinajstić information content (AvgIpc) is 3.26. The largest absolute Gasteiger partial charge is 0.360 e. The molecule has 1 aromatic carbocycles. The highest BCUT2D eigenvalue weighted by molar-refractivity contribution is 7.14. The lowest BCUT2D eigenvalue weighted by atomic mass is 10.0. The van der Waals surface area contributed by atoms with E-state index in [-0.39, 0.29) is 17.0 Å². The molecule has 0 aliphatic rings. The van der Waals surface area contributed by atoms with E-state index in [9.17, 15) is 19.2 Å². The molecule has 27 heavy (non-hydrogen) atoms. The van der Waals surface area contributed by atoms with Gasteiger partial charge in [0.05, 0.1) is 5.69 Å². The molecule has 6 nitrogen and oxygen atoms in total. The number of anilines is 1. The van der Waals surface area contributed by atoms with Crippen LogP contribution in [0.3, 0.4) is 0 Å². The number of amides is 1. The maximum absolute atomic E-state index is 13.3. The fourth-order valence-corrected chi connectivity index (χ4v) is 3.58. The van der Waals surface area contributed by atoms with Crippen molar-refractivity contribution in [2.45, 2.75) is 13.8 Å². The standard InChI is InChI=1S/C19H15FN4O2S/c1-3-24(11(2)25)19-23-14(10-27-19)6-12(8-21)18(26)16-9-22-17-7-13(20)4-5-15(16)17/h4-7,9-10,22H,3H2,1-2H3. The molecule has 0 aliphatic heterocycles. The summed E-state index contributed by atoms with van der Waals surface area (Å²) >= 11 is 1.26. The molecule has 0 atom stereocenters. The summed E-state index contributed by atoms with van der Waals surface area (Å²) in [5, 5.41) is 12.1. The molecule has 2 aromatic heterocycles. The zero-order valence-corrected chi connectivity index (χ0v) is 15.4. The first-order valence-electron chi connectivity index (χ1n) is 8.11. The third kappa shape index (κ3) is 3.64. The van der Waals surface area contributed by atoms with Gasteiger partial charge in [-0.25, -0.2) is 9.37 Å². The Morgan fingerprint density at radius 3 is 2.89 bits per heavy atom. The number of fused-ring (bicyclic) bond motifs is 1. The fraction of sp³-hybridized carbons (Fsp3) is 0.158. The van der Waals surface area contributed by atoms with Crippen LogP contribution in [0.1, 0.15) is 29.9 Å². The number of hydrogen-bond donors (Lipinski definition) is 1. The number of aromatic amines is 1. The third-order valence-corrected chi connectivity index (χ3v) is 4.86. The first-order valence-corrected chi connectivity index (χ1v) is 8.99. The quantitative estimate of drug-likeness (QED) is 0.411. The number of Topliss-reactive ketones (excluding diaryl/α,β-unsaturated/α-hetero) is 1. The molecule has 8 heteroatoms. The van der Waals surface area contributed by atoms with Gasteiger partial charge in [-0.05, 0) is 31.2 Å². The molecule has 0 unspecified atom stereocenters. The summed E-state index contributed by atoms with van der Waals surface area (Å²) in [6.45, 7) is 3.76. The van der Waals surface area contributed by atoms with E-state index in [1.807, 2.05) is 13.0 Å². The van der Waals surface area contributed by atoms with Crippen LogP contribution in [0.5, 0.6) is 0 Å². The highest BCUT2D eigenvalue weighted by atomic mass is 32.1. The van der Waals surface area contributed by atoms with Gasteiger partial charge in [0.15, 0.2) is 5.13 Å². The lowest BCUT2D eigenvalue weighted by Crippen LogP contribution is -2.27. The Kier molecular flexibility index (Phi) is 5.14. The topological polar surface area (TPSA) is 89.8 Å². The van der Waals surface area contributed by atoms with E-state index >= 15 is 0 Å². The van der Waals surface area contributed by atoms with Crippen LogP contribution in [-0.2, 0) is 4.79 Å². The Balaban J connectivity index is 1.94. The summed E-state index contributed by atoms with van der Waals surface area (Å²) in [4.78, 5) is 33.0. The molecule has 2 heterocycles. The third-order valence-electron chi connectivity index (χ3n) is 3.98. The molecule has 1 amide bonds. The molecule has 3 rings (SSSR count). The molecule has 3 aromatic rings. The van der Waals surface area contributed by atoms with Gasteiger partial charge in [-0.3, -0.25) is 14.5 Å². The number of nitrogens with zero attached hydrogens (tertiary/aromatic N) is 3. The van der Waals surface area contributed by atoms with Crippen LogP contribution in [0, 0.1) is 17.1 Å². The number of allylic oxidation sites excluding steroid dienone is 1. The van der Waals surface area contributed by atoms with Crippen LogP contribution < -0.4 is 4.90 Å². The summed E-state index contributed by atoms with van der Waals surface area (Å²) in [5.41, 5.74) is 1.09. The summed E-state index contributed by atoms with van der Waals surface area (Å²) in [6.07, 6.45) is 2.84. The molecule has 1 N–H and O–H groups in total. The molecular weight excluding hydrogens is 367 g/mol. The van der Waals surface area contributed by atoms with Crippen LogP contribution in [0.25, 0.3) is 17.0 Å². The normalized spacial score (nSPS) is 11.4. The maximum atomic E-state index is 13.3. The van der Waals surface area contributed by atoms with Gasteiger partial charge in [0.2, 0.25) is 11.7 Å². The Morgan fingerprint density at radius 1 is 1.44 bits per heavy atom. The van der Waals surface area contributed by atoms with Crippen molar-refractivity contribution in [3.8, 4) is 6.07 Å². The van der Waals surface area contributed by atoms with Crippen LogP contribution in [-0.4, -0.2) is 28.2 Å². The van der Waals surface area contributed by atoms with Crippen LogP contribution in [0.2, 0.25) is 0 Å². The second-order valence-corrected chi connectivity index (χ2v) is 6.55. The lowest BCUT2D eigenvalue weighted by Gasteiger charge is -2.14. The number of nitrogens with one attached hydrogen (secondary N) is 1. The zero-order valence-electron chi connectivity index (χ0n) is 14.6. The summed E-state index contributed by atoms with van der Waals surface area (Å²) in [7, 11) is 0. The number of carbonyl (C=O) groups excluding carboxylic acids is 2. The number of carbonyl (C=O) groups is 2. The molecule has 0 radical (unpaired) electrons. The second kappa shape index (κ2) is 7.51. The SMILES string of the molecule is CCN(C(C)=O)c1nc(C=C(C#N)C(=O)c2c[nH]c3cc(F)ccc23)cs1. The molecular formula is C19H15FN4O2S. The number of ketones is 1. The average molecular weight is 382 g/mol. The highest BCUT2D eigenvalue weighted by Crippen LogP contribution is 2.25. The van der Waals surface area contributed by atoms with Gasteiger partial charge in [0.25, 0.3) is 0 Å². The first kappa shape index (κ1) is 18.5. The van der Waals surface area contributed by atoms with Gasteiger partial charge < -0.3 is 4.98 Å². The second-order valence-electron chi connectivity index (χ2n) is 5.71. The number of aromatic nitrogens is 2. The van der Waals surface area contributed by atoms with Crippen molar-refractivity contribution in [2.75, 3.05) is 11.4 Å². The molecule has 0 saturated carbocycles. The number of rotatable bonds is 5. The smallest absolute Gasteiger partial charge is 0.225 e. The van der Waals surface area contributed by atoms with Gasteiger partial charge in [-0.1, -0.05) is 0 Å². The lowest BCUT2D eigenvalue weighted by molar-refractivity contribution is -0.116. The summed E-state index contributed by atoms with van der Waals surface area (Å²) < 4.78 is 13.3. The van der Waals surface area contributed by atoms with E-state index in [2.05, 4.69) is 9.97 Å². The van der Waals surface area contributed by atoms with Crippen LogP contribution >= 0.6 is 11.3 Å². The zero-order chi connectivity index (χ0) is 19.6. The van der Waals surface area contributed by atoms with E-state index in [1.165, 1.54) is 53.6 Å². The monoisotopic (exact) mass is 382 g/mol. The van der Waals surface area contributed by atoms with Crippen molar-refractivity contribution in [2.24, 2.45) is 0 Å². The van der Waals surface area contributed by atoms with Crippen molar-refractivity contribution in [3.63, 3.8) is 0 Å². The van der Waals surface area contributed by atoms with Crippen molar-refractivity contribution < 1.29 is 14.0 Å². The predicted molar refractivity (Wildman–Crippen MR) is 102 cm³/mol. The number of hydrogen-bond acceptors (Lipinski definition) is 5. The minimum Gasteiger partial charge on any atom is -0.360 e. The number of nitriles is 1. The van der Waals surface area contributed by atoms with Crippen LogP contribution in [0.15, 0.2) is 35.3 Å². The van der Waals surface area contributed by atoms with E-state index in [1.54, 1.807) is 5.38 Å². The predicted octanol–water partition coefficient (Wildman–Crippen LogP) is 3.93. The summed E-state index contributed by atoms with van der Waals surface area (Å²) in [6, 6.07) is 5.94. The molecule has 136 valence electrons. The molecule has 0 spiro atoms. The van der Waals surface area contributed by atoms with E-state index in [0.29, 0.717) is 28.3 Å². The Bertz CT molecular complexity index is 1110. The first-order chi connectivity index (χ1) is 12.9. The maximum Gasteiger partial charge on any atom is 0.225 e. The Morgan fingerprint density at radius 2 is 2.22 bits per heavy atom. The van der Waals surface area contributed by atoms with Crippen molar-refractivity contribution >= 4 is 45.1 Å². The minimum atomic E-state index is -0.483. The molecule has 0 aliphatic carbocycles. The summed E-state index contributed by atoms with van der Waals surface area (Å²) in [5.74, 6) is -1.03. The molecule has 0 fully saturated rings. The number of H-pyrrole nitrogens is 1. The van der Waals surface area contributed by atoms with E-state index in [4.69, 9.17) is 0 Å². The minimum absolute atomic E-state index is 0.0945.